The molecule has 0 unspecified atom stereocenters. The predicted molar refractivity (Wildman–Crippen MR) is 132 cm³/mol. The first-order valence-corrected chi connectivity index (χ1v) is 11.5. The Hall–Kier alpha value is -3.89. The highest BCUT2D eigenvalue weighted by molar-refractivity contribution is 7.15. The average molecular weight is 458 g/mol. The van der Waals surface area contributed by atoms with E-state index >= 15 is 0 Å². The molecule has 0 aliphatic rings. The first-order chi connectivity index (χ1) is 16.2. The first-order valence-electron chi connectivity index (χ1n) is 10.6. The molecule has 0 spiro atoms. The predicted octanol–water partition coefficient (Wildman–Crippen LogP) is 5.65. The van der Waals surface area contributed by atoms with Crippen LogP contribution in [0.2, 0.25) is 0 Å². The van der Waals surface area contributed by atoms with Crippen molar-refractivity contribution in [1.29, 1.82) is 5.26 Å². The molecule has 0 atom stereocenters. The Morgan fingerprint density at radius 2 is 2.00 bits per heavy atom. The topological polar surface area (TPSA) is 76.6 Å². The van der Waals surface area contributed by atoms with Gasteiger partial charge in [0, 0.05) is 17.1 Å². The number of fused-ring (bicyclic) bond motifs is 1. The van der Waals surface area contributed by atoms with Gasteiger partial charge in [0.25, 0.3) is 5.56 Å². The average Bonchev–Trinajstić information content (AvgIpc) is 3.32. The maximum absolute atomic E-state index is 13.3. The third-order valence-corrected chi connectivity index (χ3v) is 5.95. The Morgan fingerprint density at radius 3 is 2.73 bits per heavy atom. The van der Waals surface area contributed by atoms with Crippen LogP contribution in [0.15, 0.2) is 58.8 Å². The summed E-state index contributed by atoms with van der Waals surface area (Å²) in [7, 11) is 1.62. The molecule has 166 valence electrons. The molecule has 0 radical (unpaired) electrons. The molecule has 0 bridgehead atoms. The lowest BCUT2D eigenvalue weighted by Gasteiger charge is -2.13. The molecular formula is C26H23N3O3S. The highest BCUT2D eigenvalue weighted by Crippen LogP contribution is 2.33. The molecule has 4 rings (SSSR count). The van der Waals surface area contributed by atoms with Crippen LogP contribution in [0.4, 0.5) is 0 Å². The summed E-state index contributed by atoms with van der Waals surface area (Å²) in [6.07, 6.45) is 7.41. The number of aromatic nitrogens is 2. The van der Waals surface area contributed by atoms with Crippen molar-refractivity contribution in [3.8, 4) is 28.7 Å². The summed E-state index contributed by atoms with van der Waals surface area (Å²) in [6.45, 7) is 2.71. The molecule has 4 aromatic rings. The van der Waals surface area contributed by atoms with E-state index in [0.29, 0.717) is 45.5 Å². The number of para-hydroxylation sites is 1. The zero-order chi connectivity index (χ0) is 23.2. The van der Waals surface area contributed by atoms with Gasteiger partial charge < -0.3 is 9.47 Å². The number of methoxy groups -OCH3 is 1. The van der Waals surface area contributed by atoms with Crippen molar-refractivity contribution in [2.45, 2.75) is 19.8 Å². The van der Waals surface area contributed by atoms with Gasteiger partial charge in [-0.25, -0.2) is 4.98 Å². The molecule has 0 aliphatic carbocycles. The van der Waals surface area contributed by atoms with Gasteiger partial charge in [0.05, 0.1) is 36.6 Å². The van der Waals surface area contributed by atoms with Gasteiger partial charge in [-0.1, -0.05) is 37.6 Å². The van der Waals surface area contributed by atoms with Gasteiger partial charge in [-0.05, 0) is 42.3 Å². The molecule has 0 saturated heterocycles. The molecule has 0 fully saturated rings. The van der Waals surface area contributed by atoms with Gasteiger partial charge in [0.1, 0.15) is 0 Å². The molecule has 0 saturated carbocycles. The molecule has 2 aromatic carbocycles. The summed E-state index contributed by atoms with van der Waals surface area (Å²) < 4.78 is 13.1. The molecule has 2 heterocycles. The largest absolute Gasteiger partial charge is 0.493 e. The molecule has 0 amide bonds. The number of nitrogens with zero attached hydrogens (tertiary/aromatic N) is 3. The second-order valence-corrected chi connectivity index (χ2v) is 8.21. The van der Waals surface area contributed by atoms with Crippen LogP contribution in [-0.2, 0) is 0 Å². The van der Waals surface area contributed by atoms with Crippen molar-refractivity contribution in [3.05, 3.63) is 81.2 Å². The van der Waals surface area contributed by atoms with Gasteiger partial charge in [-0.2, -0.15) is 5.26 Å². The third-order valence-electron chi connectivity index (χ3n) is 5.19. The number of rotatable bonds is 8. The molecule has 0 aliphatic heterocycles. The Balaban J connectivity index is 1.82. The maximum Gasteiger partial charge on any atom is 0.266 e. The van der Waals surface area contributed by atoms with E-state index in [0.717, 1.165) is 18.4 Å². The van der Waals surface area contributed by atoms with Crippen LogP contribution < -0.4 is 15.0 Å². The van der Waals surface area contributed by atoms with Crippen molar-refractivity contribution in [2.75, 3.05) is 13.7 Å². The Labute approximate surface area is 196 Å². The molecule has 0 N–H and O–H groups in total. The van der Waals surface area contributed by atoms with Gasteiger partial charge >= 0.3 is 0 Å². The number of hydrogen-bond acceptors (Lipinski definition) is 6. The fraction of sp³-hybridized carbons (Fsp3) is 0.192. The molecule has 6 nitrogen and oxygen atoms in total. The SMILES string of the molecule is CCCCOc1c(C=Cc2nc3sccn3c(=O)c2-c2ccc(C#N)cc2)cccc1OC. The van der Waals surface area contributed by atoms with E-state index in [-0.39, 0.29) is 5.56 Å². The van der Waals surface area contributed by atoms with Crippen LogP contribution in [0.5, 0.6) is 11.5 Å². The number of unbranched alkanes of at least 4 members (excludes halogenated alkanes) is 1. The number of benzene rings is 2. The standard InChI is InChI=1S/C26H23N3O3S/c1-3-4-15-32-24-20(6-5-7-22(24)31-2)12-13-21-23(19-10-8-18(17-27)9-11-19)25(30)29-14-16-33-26(29)28-21/h5-14,16H,3-4,15H2,1-2H3. The van der Waals surface area contributed by atoms with Crippen LogP contribution >= 0.6 is 11.3 Å². The lowest BCUT2D eigenvalue weighted by atomic mass is 10.0. The molecule has 2 aromatic heterocycles. The number of ether oxygens (including phenoxy) is 2. The zero-order valence-electron chi connectivity index (χ0n) is 18.4. The van der Waals surface area contributed by atoms with E-state index in [9.17, 15) is 4.79 Å². The fourth-order valence-corrected chi connectivity index (χ4v) is 4.18. The Bertz CT molecular complexity index is 1400. The zero-order valence-corrected chi connectivity index (χ0v) is 19.3. The second kappa shape index (κ2) is 10.2. The fourth-order valence-electron chi connectivity index (χ4n) is 3.47. The van der Waals surface area contributed by atoms with E-state index in [4.69, 9.17) is 19.7 Å². The van der Waals surface area contributed by atoms with Crippen molar-refractivity contribution in [2.24, 2.45) is 0 Å². The van der Waals surface area contributed by atoms with E-state index < -0.39 is 0 Å². The van der Waals surface area contributed by atoms with Gasteiger partial charge in [-0.3, -0.25) is 9.20 Å². The minimum Gasteiger partial charge on any atom is -0.493 e. The van der Waals surface area contributed by atoms with Crippen molar-refractivity contribution in [1.82, 2.24) is 9.38 Å². The third kappa shape index (κ3) is 4.66. The van der Waals surface area contributed by atoms with E-state index in [1.54, 1.807) is 42.0 Å². The number of nitriles is 1. The van der Waals surface area contributed by atoms with Crippen LogP contribution in [0, 0.1) is 11.3 Å². The lowest BCUT2D eigenvalue weighted by molar-refractivity contribution is 0.287. The Morgan fingerprint density at radius 1 is 1.18 bits per heavy atom. The van der Waals surface area contributed by atoms with Crippen molar-refractivity contribution >= 4 is 28.4 Å². The quantitative estimate of drug-likeness (QED) is 0.320. The van der Waals surface area contributed by atoms with Crippen molar-refractivity contribution in [3.63, 3.8) is 0 Å². The number of hydrogen-bond donors (Lipinski definition) is 0. The Kier molecular flexibility index (Phi) is 6.86. The maximum atomic E-state index is 13.3. The minimum atomic E-state index is -0.157. The van der Waals surface area contributed by atoms with Crippen LogP contribution in [0.1, 0.15) is 36.6 Å². The first kappa shape index (κ1) is 22.3. The van der Waals surface area contributed by atoms with Crippen molar-refractivity contribution < 1.29 is 9.47 Å². The molecular weight excluding hydrogens is 434 g/mol. The lowest BCUT2D eigenvalue weighted by Crippen LogP contribution is -2.17. The smallest absolute Gasteiger partial charge is 0.266 e. The van der Waals surface area contributed by atoms with Crippen LogP contribution in [-0.4, -0.2) is 23.1 Å². The van der Waals surface area contributed by atoms with Gasteiger partial charge in [0.15, 0.2) is 16.5 Å². The summed E-state index contributed by atoms with van der Waals surface area (Å²) in [4.78, 5) is 18.7. The minimum absolute atomic E-state index is 0.157. The summed E-state index contributed by atoms with van der Waals surface area (Å²) in [5.74, 6) is 1.32. The van der Waals surface area contributed by atoms with E-state index in [1.165, 1.54) is 11.3 Å². The summed E-state index contributed by atoms with van der Waals surface area (Å²) in [6, 6.07) is 14.8. The molecule has 7 heteroatoms. The monoisotopic (exact) mass is 457 g/mol. The second-order valence-electron chi connectivity index (χ2n) is 7.34. The van der Waals surface area contributed by atoms with Crippen LogP contribution in [0.25, 0.3) is 28.2 Å². The summed E-state index contributed by atoms with van der Waals surface area (Å²) >= 11 is 1.40. The highest BCUT2D eigenvalue weighted by atomic mass is 32.1. The normalized spacial score (nSPS) is 11.1. The summed E-state index contributed by atoms with van der Waals surface area (Å²) in [5.41, 5.74) is 2.94. The van der Waals surface area contributed by atoms with Gasteiger partial charge in [-0.15, -0.1) is 11.3 Å². The van der Waals surface area contributed by atoms with E-state index in [1.807, 2.05) is 35.7 Å². The van der Waals surface area contributed by atoms with Gasteiger partial charge in [0.2, 0.25) is 0 Å². The number of thiazole rings is 1. The van der Waals surface area contributed by atoms with Crippen LogP contribution in [0.3, 0.4) is 0 Å². The molecule has 33 heavy (non-hydrogen) atoms. The highest BCUT2D eigenvalue weighted by Gasteiger charge is 2.15. The van der Waals surface area contributed by atoms with E-state index in [2.05, 4.69) is 13.0 Å². The summed E-state index contributed by atoms with van der Waals surface area (Å²) in [5, 5.41) is 11.0.